The molecule has 0 bridgehead atoms. The molecule has 1 aromatic heterocycles. The van der Waals surface area contributed by atoms with E-state index >= 15 is 0 Å². The van der Waals surface area contributed by atoms with E-state index in [1.807, 2.05) is 24.4 Å². The highest BCUT2D eigenvalue weighted by Gasteiger charge is 2.22. The van der Waals surface area contributed by atoms with E-state index in [4.69, 9.17) is 16.3 Å². The fraction of sp³-hybridized carbons (Fsp3) is 0.333. The Morgan fingerprint density at radius 1 is 1.32 bits per heavy atom. The second-order valence-electron chi connectivity index (χ2n) is 6.00. The number of pyridine rings is 1. The minimum absolute atomic E-state index is 0.0116. The third-order valence-corrected chi connectivity index (χ3v) is 4.59. The highest BCUT2D eigenvalue weighted by atomic mass is 35.5. The van der Waals surface area contributed by atoms with Crippen LogP contribution in [0.4, 0.5) is 11.5 Å². The first-order chi connectivity index (χ1) is 12.2. The number of quaternary nitrogens is 1. The van der Waals surface area contributed by atoms with Crippen LogP contribution in [0.25, 0.3) is 0 Å². The largest absolute Gasteiger partial charge is 0.495 e. The van der Waals surface area contributed by atoms with Crippen molar-refractivity contribution in [3.05, 3.63) is 47.6 Å². The SMILES string of the molecule is COc1ccc(NC(=O)C[NH+]2CCN(c3ccccn3)CC2)cc1Cl. The molecule has 2 N–H and O–H groups in total. The number of methoxy groups -OCH3 is 1. The summed E-state index contributed by atoms with van der Waals surface area (Å²) in [7, 11) is 1.56. The van der Waals surface area contributed by atoms with Crippen LogP contribution in [0.1, 0.15) is 0 Å². The highest BCUT2D eigenvalue weighted by Crippen LogP contribution is 2.27. The Hall–Kier alpha value is -2.31. The first-order valence-corrected chi connectivity index (χ1v) is 8.66. The summed E-state index contributed by atoms with van der Waals surface area (Å²) in [5, 5.41) is 3.38. The second-order valence-corrected chi connectivity index (χ2v) is 6.41. The topological polar surface area (TPSA) is 58.9 Å². The summed E-state index contributed by atoms with van der Waals surface area (Å²) in [5.74, 6) is 1.58. The first kappa shape index (κ1) is 17.5. The van der Waals surface area contributed by atoms with Crippen molar-refractivity contribution >= 4 is 29.0 Å². The van der Waals surface area contributed by atoms with Crippen molar-refractivity contribution in [2.75, 3.05) is 50.1 Å². The molecule has 0 radical (unpaired) electrons. The van der Waals surface area contributed by atoms with Crippen LogP contribution in [0.5, 0.6) is 5.75 Å². The predicted molar refractivity (Wildman–Crippen MR) is 98.6 cm³/mol. The quantitative estimate of drug-likeness (QED) is 0.837. The summed E-state index contributed by atoms with van der Waals surface area (Å²) in [4.78, 5) is 20.2. The smallest absolute Gasteiger partial charge is 0.279 e. The summed E-state index contributed by atoms with van der Waals surface area (Å²) in [6.07, 6.45) is 1.81. The number of carbonyl (C=O) groups is 1. The van der Waals surface area contributed by atoms with E-state index in [1.54, 1.807) is 25.3 Å². The number of piperazine rings is 1. The zero-order valence-corrected chi connectivity index (χ0v) is 14.9. The van der Waals surface area contributed by atoms with E-state index in [-0.39, 0.29) is 5.91 Å². The molecular weight excluding hydrogens is 340 g/mol. The lowest BCUT2D eigenvalue weighted by molar-refractivity contribution is -0.892. The lowest BCUT2D eigenvalue weighted by atomic mass is 10.2. The molecule has 132 valence electrons. The number of hydrogen-bond acceptors (Lipinski definition) is 4. The Morgan fingerprint density at radius 2 is 2.12 bits per heavy atom. The van der Waals surface area contributed by atoms with Gasteiger partial charge in [0.2, 0.25) is 0 Å². The average molecular weight is 362 g/mol. The van der Waals surface area contributed by atoms with Gasteiger partial charge >= 0.3 is 0 Å². The molecule has 0 aliphatic carbocycles. The molecule has 6 nitrogen and oxygen atoms in total. The Labute approximate surface area is 152 Å². The van der Waals surface area contributed by atoms with Crippen LogP contribution >= 0.6 is 11.6 Å². The molecule has 2 aromatic rings. The van der Waals surface area contributed by atoms with Crippen molar-refractivity contribution in [1.29, 1.82) is 0 Å². The summed E-state index contributed by atoms with van der Waals surface area (Å²) in [5.41, 5.74) is 0.683. The molecule has 3 rings (SSSR count). The Morgan fingerprint density at radius 3 is 2.76 bits per heavy atom. The van der Waals surface area contributed by atoms with Crippen molar-refractivity contribution in [3.63, 3.8) is 0 Å². The Kier molecular flexibility index (Phi) is 5.73. The zero-order chi connectivity index (χ0) is 17.6. The highest BCUT2D eigenvalue weighted by molar-refractivity contribution is 6.32. The molecule has 25 heavy (non-hydrogen) atoms. The number of nitrogens with one attached hydrogen (secondary N) is 2. The number of anilines is 2. The van der Waals surface area contributed by atoms with Crippen LogP contribution in [-0.4, -0.2) is 50.7 Å². The predicted octanol–water partition coefficient (Wildman–Crippen LogP) is 1.09. The molecule has 0 unspecified atom stereocenters. The van der Waals surface area contributed by atoms with Crippen molar-refractivity contribution in [3.8, 4) is 5.75 Å². The van der Waals surface area contributed by atoms with E-state index in [9.17, 15) is 4.79 Å². The molecule has 1 aliphatic heterocycles. The standard InChI is InChI=1S/C18H21ClN4O2/c1-25-16-6-5-14(12-15(16)19)21-18(24)13-22-8-10-23(11-9-22)17-4-2-3-7-20-17/h2-7,12H,8-11,13H2,1H3,(H,21,24)/p+1. The average Bonchev–Trinajstić information content (AvgIpc) is 2.63. The van der Waals surface area contributed by atoms with Gasteiger partial charge in [-0.05, 0) is 30.3 Å². The third-order valence-electron chi connectivity index (χ3n) is 4.29. The molecule has 1 fully saturated rings. The van der Waals surface area contributed by atoms with E-state index in [0.29, 0.717) is 23.0 Å². The maximum Gasteiger partial charge on any atom is 0.279 e. The maximum absolute atomic E-state index is 12.3. The van der Waals surface area contributed by atoms with E-state index in [2.05, 4.69) is 15.2 Å². The van der Waals surface area contributed by atoms with Crippen molar-refractivity contribution < 1.29 is 14.4 Å². The molecule has 2 heterocycles. The van der Waals surface area contributed by atoms with Crippen LogP contribution < -0.4 is 19.9 Å². The summed E-state index contributed by atoms with van der Waals surface area (Å²) in [6, 6.07) is 11.2. The fourth-order valence-corrected chi connectivity index (χ4v) is 3.20. The number of benzene rings is 1. The molecular formula is C18H22ClN4O2+. The van der Waals surface area contributed by atoms with Crippen molar-refractivity contribution in [1.82, 2.24) is 4.98 Å². The number of ether oxygens (including phenoxy) is 1. The van der Waals surface area contributed by atoms with E-state index < -0.39 is 0 Å². The molecule has 7 heteroatoms. The minimum Gasteiger partial charge on any atom is -0.495 e. The second kappa shape index (κ2) is 8.18. The Bertz CT molecular complexity index is 718. The monoisotopic (exact) mass is 361 g/mol. The van der Waals surface area contributed by atoms with Gasteiger partial charge in [0.15, 0.2) is 6.54 Å². The van der Waals surface area contributed by atoms with E-state index in [1.165, 1.54) is 4.90 Å². The maximum atomic E-state index is 12.3. The minimum atomic E-state index is -0.0116. The molecule has 0 saturated carbocycles. The number of rotatable bonds is 5. The number of nitrogens with zero attached hydrogens (tertiary/aromatic N) is 2. The van der Waals surface area contributed by atoms with Crippen LogP contribution in [0.3, 0.4) is 0 Å². The normalized spacial score (nSPS) is 15.0. The lowest BCUT2D eigenvalue weighted by Gasteiger charge is -2.32. The lowest BCUT2D eigenvalue weighted by Crippen LogP contribution is -3.15. The van der Waals surface area contributed by atoms with Gasteiger partial charge in [-0.3, -0.25) is 4.79 Å². The van der Waals surface area contributed by atoms with Gasteiger partial charge in [0, 0.05) is 11.9 Å². The molecule has 1 amide bonds. The van der Waals surface area contributed by atoms with E-state index in [0.717, 1.165) is 32.0 Å². The Balaban J connectivity index is 1.49. The summed E-state index contributed by atoms with van der Waals surface area (Å²) < 4.78 is 5.11. The van der Waals surface area contributed by atoms with Gasteiger partial charge in [0.25, 0.3) is 5.91 Å². The van der Waals surface area contributed by atoms with Gasteiger partial charge in [-0.2, -0.15) is 0 Å². The van der Waals surface area contributed by atoms with Crippen molar-refractivity contribution in [2.24, 2.45) is 0 Å². The number of hydrogen-bond donors (Lipinski definition) is 2. The number of carbonyl (C=O) groups excluding carboxylic acids is 1. The molecule has 1 aliphatic rings. The molecule has 0 atom stereocenters. The number of aromatic nitrogens is 1. The first-order valence-electron chi connectivity index (χ1n) is 8.28. The summed E-state index contributed by atoms with van der Waals surface area (Å²) >= 11 is 6.09. The van der Waals surface area contributed by atoms with Crippen LogP contribution in [0.2, 0.25) is 5.02 Å². The van der Waals surface area contributed by atoms with Gasteiger partial charge < -0.3 is 19.9 Å². The van der Waals surface area contributed by atoms with Gasteiger partial charge in [-0.1, -0.05) is 17.7 Å². The fourth-order valence-electron chi connectivity index (χ4n) is 2.95. The third kappa shape index (κ3) is 4.61. The zero-order valence-electron chi connectivity index (χ0n) is 14.2. The van der Waals surface area contributed by atoms with Gasteiger partial charge in [-0.25, -0.2) is 4.98 Å². The van der Waals surface area contributed by atoms with Gasteiger partial charge in [-0.15, -0.1) is 0 Å². The summed E-state index contributed by atoms with van der Waals surface area (Å²) in [6.45, 7) is 4.06. The number of halogens is 1. The van der Waals surface area contributed by atoms with Crippen molar-refractivity contribution in [2.45, 2.75) is 0 Å². The molecule has 0 spiro atoms. The van der Waals surface area contributed by atoms with Crippen LogP contribution in [-0.2, 0) is 4.79 Å². The number of amides is 1. The van der Waals surface area contributed by atoms with Crippen LogP contribution in [0, 0.1) is 0 Å². The van der Waals surface area contributed by atoms with Gasteiger partial charge in [0.1, 0.15) is 11.6 Å². The molecule has 1 aromatic carbocycles. The van der Waals surface area contributed by atoms with Gasteiger partial charge in [0.05, 0.1) is 38.3 Å². The van der Waals surface area contributed by atoms with Crippen LogP contribution in [0.15, 0.2) is 42.6 Å². The molecule has 1 saturated heterocycles.